The molecule has 0 aliphatic carbocycles. The quantitative estimate of drug-likeness (QED) is 0.705. The first-order valence-electron chi connectivity index (χ1n) is 8.12. The van der Waals surface area contributed by atoms with Gasteiger partial charge in [-0.2, -0.15) is 0 Å². The number of aliphatic carboxylic acids is 1. The Bertz CT molecular complexity index is 689. The predicted octanol–water partition coefficient (Wildman–Crippen LogP) is 0.840. The fraction of sp³-hybridized carbons (Fsp3) is 0.412. The first kappa shape index (κ1) is 18.4. The Labute approximate surface area is 145 Å². The third kappa shape index (κ3) is 4.79. The molecule has 3 N–H and O–H groups in total. The van der Waals surface area contributed by atoms with Crippen molar-refractivity contribution in [2.24, 2.45) is 0 Å². The standard InChI is InChI=1S/C17H21N3O5/c1-2-4-14(21)19-12-6-3-5-11(9-12)17(25)20-8-7-18-16(24)13(20)10-15(22)23/h3,5-6,9,13H,2,4,7-8,10H2,1H3,(H,18,24)(H,19,21)(H,22,23). The molecular weight excluding hydrogens is 326 g/mol. The fourth-order valence-electron chi connectivity index (χ4n) is 2.67. The van der Waals surface area contributed by atoms with E-state index in [1.54, 1.807) is 18.2 Å². The molecule has 1 unspecified atom stereocenters. The molecule has 3 amide bonds. The summed E-state index contributed by atoms with van der Waals surface area (Å²) in [5.74, 6) is -2.21. The molecule has 1 heterocycles. The van der Waals surface area contributed by atoms with Gasteiger partial charge in [0, 0.05) is 30.8 Å². The molecular formula is C17H21N3O5. The number of carboxylic acid groups (broad SMARTS) is 1. The van der Waals surface area contributed by atoms with E-state index in [0.29, 0.717) is 24.1 Å². The highest BCUT2D eigenvalue weighted by atomic mass is 16.4. The third-order valence-electron chi connectivity index (χ3n) is 3.83. The van der Waals surface area contributed by atoms with E-state index >= 15 is 0 Å². The number of hydrogen-bond donors (Lipinski definition) is 3. The van der Waals surface area contributed by atoms with Gasteiger partial charge in [-0.25, -0.2) is 0 Å². The number of hydrogen-bond acceptors (Lipinski definition) is 4. The third-order valence-corrected chi connectivity index (χ3v) is 3.83. The van der Waals surface area contributed by atoms with Gasteiger partial charge in [-0.3, -0.25) is 19.2 Å². The summed E-state index contributed by atoms with van der Waals surface area (Å²) < 4.78 is 0. The average Bonchev–Trinajstić information content (AvgIpc) is 2.56. The number of benzene rings is 1. The molecule has 1 aliphatic heterocycles. The molecule has 0 spiro atoms. The zero-order valence-electron chi connectivity index (χ0n) is 13.9. The van der Waals surface area contributed by atoms with E-state index in [1.165, 1.54) is 11.0 Å². The summed E-state index contributed by atoms with van der Waals surface area (Å²) in [6.07, 6.45) is 0.639. The lowest BCUT2D eigenvalue weighted by atomic mass is 10.1. The number of rotatable bonds is 6. The van der Waals surface area contributed by atoms with Crippen molar-refractivity contribution in [3.05, 3.63) is 29.8 Å². The minimum atomic E-state index is -1.15. The van der Waals surface area contributed by atoms with Gasteiger partial charge >= 0.3 is 5.97 Å². The maximum Gasteiger partial charge on any atom is 0.305 e. The van der Waals surface area contributed by atoms with E-state index in [1.807, 2.05) is 6.92 Å². The van der Waals surface area contributed by atoms with Gasteiger partial charge in [0.1, 0.15) is 6.04 Å². The van der Waals surface area contributed by atoms with E-state index in [-0.39, 0.29) is 19.0 Å². The molecule has 1 saturated heterocycles. The van der Waals surface area contributed by atoms with Crippen molar-refractivity contribution >= 4 is 29.4 Å². The number of carboxylic acids is 1. The van der Waals surface area contributed by atoms with Crippen molar-refractivity contribution in [1.82, 2.24) is 10.2 Å². The van der Waals surface area contributed by atoms with Crippen molar-refractivity contribution in [3.8, 4) is 0 Å². The van der Waals surface area contributed by atoms with Crippen LogP contribution in [-0.4, -0.2) is 52.8 Å². The fourth-order valence-corrected chi connectivity index (χ4v) is 2.67. The van der Waals surface area contributed by atoms with Crippen LogP contribution in [0.1, 0.15) is 36.5 Å². The van der Waals surface area contributed by atoms with E-state index in [4.69, 9.17) is 5.11 Å². The van der Waals surface area contributed by atoms with Gasteiger partial charge < -0.3 is 20.6 Å². The van der Waals surface area contributed by atoms with E-state index in [2.05, 4.69) is 10.6 Å². The summed E-state index contributed by atoms with van der Waals surface area (Å²) in [5.41, 5.74) is 0.778. The summed E-state index contributed by atoms with van der Waals surface area (Å²) in [4.78, 5) is 48.6. The minimum Gasteiger partial charge on any atom is -0.481 e. The average molecular weight is 347 g/mol. The number of piperazine rings is 1. The second-order valence-corrected chi connectivity index (χ2v) is 5.78. The zero-order valence-corrected chi connectivity index (χ0v) is 13.9. The Morgan fingerprint density at radius 3 is 2.80 bits per heavy atom. The van der Waals surface area contributed by atoms with Crippen LogP contribution in [0.25, 0.3) is 0 Å². The summed E-state index contributed by atoms with van der Waals surface area (Å²) in [5, 5.41) is 14.3. The van der Waals surface area contributed by atoms with Crippen LogP contribution >= 0.6 is 0 Å². The van der Waals surface area contributed by atoms with Gasteiger partial charge in [0.25, 0.3) is 5.91 Å². The van der Waals surface area contributed by atoms with Crippen LogP contribution < -0.4 is 10.6 Å². The van der Waals surface area contributed by atoms with Crippen molar-refractivity contribution < 1.29 is 24.3 Å². The number of anilines is 1. The predicted molar refractivity (Wildman–Crippen MR) is 90.1 cm³/mol. The highest BCUT2D eigenvalue weighted by Gasteiger charge is 2.35. The Kier molecular flexibility index (Phi) is 6.10. The lowest BCUT2D eigenvalue weighted by Crippen LogP contribution is -2.57. The Morgan fingerprint density at radius 2 is 2.12 bits per heavy atom. The van der Waals surface area contributed by atoms with Crippen molar-refractivity contribution in [3.63, 3.8) is 0 Å². The molecule has 8 nitrogen and oxygen atoms in total. The monoisotopic (exact) mass is 347 g/mol. The molecule has 8 heteroatoms. The van der Waals surface area contributed by atoms with Crippen LogP contribution in [0.5, 0.6) is 0 Å². The molecule has 0 aromatic heterocycles. The molecule has 1 atom stereocenters. The first-order chi connectivity index (χ1) is 11.9. The van der Waals surface area contributed by atoms with Crippen molar-refractivity contribution in [2.45, 2.75) is 32.2 Å². The Morgan fingerprint density at radius 1 is 1.36 bits per heavy atom. The van der Waals surface area contributed by atoms with Gasteiger partial charge in [-0.05, 0) is 24.6 Å². The smallest absolute Gasteiger partial charge is 0.305 e. The largest absolute Gasteiger partial charge is 0.481 e. The van der Waals surface area contributed by atoms with E-state index in [9.17, 15) is 19.2 Å². The molecule has 0 saturated carbocycles. The van der Waals surface area contributed by atoms with Gasteiger partial charge in [0.15, 0.2) is 0 Å². The van der Waals surface area contributed by atoms with Gasteiger partial charge in [0.05, 0.1) is 6.42 Å². The van der Waals surface area contributed by atoms with Crippen molar-refractivity contribution in [2.75, 3.05) is 18.4 Å². The maximum atomic E-state index is 12.7. The highest BCUT2D eigenvalue weighted by Crippen LogP contribution is 2.17. The summed E-state index contributed by atoms with van der Waals surface area (Å²) in [6.45, 7) is 2.39. The van der Waals surface area contributed by atoms with Crippen LogP contribution in [0.4, 0.5) is 5.69 Å². The number of nitrogens with one attached hydrogen (secondary N) is 2. The molecule has 2 rings (SSSR count). The summed E-state index contributed by atoms with van der Waals surface area (Å²) in [7, 11) is 0. The van der Waals surface area contributed by atoms with Crippen LogP contribution in [0.15, 0.2) is 24.3 Å². The topological polar surface area (TPSA) is 116 Å². The number of amides is 3. The lowest BCUT2D eigenvalue weighted by molar-refractivity contribution is -0.142. The molecule has 1 aromatic rings. The van der Waals surface area contributed by atoms with Crippen LogP contribution in [0, 0.1) is 0 Å². The summed E-state index contributed by atoms with van der Waals surface area (Å²) >= 11 is 0. The van der Waals surface area contributed by atoms with Gasteiger partial charge in [-0.15, -0.1) is 0 Å². The minimum absolute atomic E-state index is 0.145. The lowest BCUT2D eigenvalue weighted by Gasteiger charge is -2.34. The van der Waals surface area contributed by atoms with E-state index in [0.717, 1.165) is 0 Å². The number of carbonyl (C=O) groups excluding carboxylic acids is 3. The molecule has 0 radical (unpaired) electrons. The molecule has 134 valence electrons. The molecule has 1 aliphatic rings. The molecule has 1 aromatic carbocycles. The number of nitrogens with zero attached hydrogens (tertiary/aromatic N) is 1. The highest BCUT2D eigenvalue weighted by molar-refractivity contribution is 6.00. The van der Waals surface area contributed by atoms with Gasteiger partial charge in [-0.1, -0.05) is 13.0 Å². The zero-order chi connectivity index (χ0) is 18.4. The molecule has 0 bridgehead atoms. The maximum absolute atomic E-state index is 12.7. The van der Waals surface area contributed by atoms with Crippen LogP contribution in [-0.2, 0) is 14.4 Å². The van der Waals surface area contributed by atoms with Crippen LogP contribution in [0.2, 0.25) is 0 Å². The number of carbonyl (C=O) groups is 4. The second kappa shape index (κ2) is 8.27. The summed E-state index contributed by atoms with van der Waals surface area (Å²) in [6, 6.07) is 5.35. The van der Waals surface area contributed by atoms with Crippen LogP contribution in [0.3, 0.4) is 0 Å². The van der Waals surface area contributed by atoms with Gasteiger partial charge in [0.2, 0.25) is 11.8 Å². The normalized spacial score (nSPS) is 16.9. The molecule has 25 heavy (non-hydrogen) atoms. The first-order valence-corrected chi connectivity index (χ1v) is 8.12. The second-order valence-electron chi connectivity index (χ2n) is 5.78. The van der Waals surface area contributed by atoms with E-state index < -0.39 is 30.2 Å². The molecule has 1 fully saturated rings. The Hall–Kier alpha value is -2.90. The van der Waals surface area contributed by atoms with Crippen molar-refractivity contribution in [1.29, 1.82) is 0 Å². The SMILES string of the molecule is CCCC(=O)Nc1cccc(C(=O)N2CCNC(=O)C2CC(=O)O)c1. The Balaban J connectivity index is 2.19.